The Balaban J connectivity index is 1.26. The van der Waals surface area contributed by atoms with Gasteiger partial charge in [-0.1, -0.05) is 98.3 Å². The summed E-state index contributed by atoms with van der Waals surface area (Å²) in [6, 6.07) is -8.51. The van der Waals surface area contributed by atoms with Crippen molar-refractivity contribution in [2.45, 2.75) is 260 Å². The Morgan fingerprint density at radius 3 is 1.72 bits per heavy atom. The fourth-order valence-electron chi connectivity index (χ4n) is 16.2. The molecule has 4 aliphatic carbocycles. The van der Waals surface area contributed by atoms with Crippen molar-refractivity contribution in [1.29, 1.82) is 0 Å². The molecular weight excluding hydrogens is 1320 g/mol. The van der Waals surface area contributed by atoms with Crippen LogP contribution in [0.5, 0.6) is 0 Å². The van der Waals surface area contributed by atoms with Gasteiger partial charge in [0.2, 0.25) is 70.9 Å². The lowest BCUT2D eigenvalue weighted by molar-refractivity contribution is -0.182. The highest BCUT2D eigenvalue weighted by Gasteiger charge is 2.52. The third-order valence-corrected chi connectivity index (χ3v) is 23.7. The lowest BCUT2D eigenvalue weighted by Gasteiger charge is -2.42. The third-order valence-electron chi connectivity index (χ3n) is 23.2. The predicted molar refractivity (Wildman–Crippen MR) is 370 cm³/mol. The summed E-state index contributed by atoms with van der Waals surface area (Å²) in [6.07, 6.45) is 7.12. The van der Waals surface area contributed by atoms with Crippen molar-refractivity contribution in [2.24, 2.45) is 35.5 Å². The average molecular weight is 1430 g/mol. The van der Waals surface area contributed by atoms with Crippen LogP contribution in [0, 0.1) is 35.5 Å². The molecule has 7 fully saturated rings. The highest BCUT2D eigenvalue weighted by atomic mass is 35.5. The number of alkyl halides is 4. The van der Waals surface area contributed by atoms with Gasteiger partial charge in [0.05, 0.1) is 32.0 Å². The molecule has 3 saturated heterocycles. The normalized spacial score (nSPS) is 29.9. The first-order valence-electron chi connectivity index (χ1n) is 37.2. The Labute approximate surface area is 595 Å². The number of nitrogens with one attached hydrogen (secondary N) is 3. The van der Waals surface area contributed by atoms with Crippen LogP contribution in [0.1, 0.15) is 201 Å². The number of hydrogen-bond donors (Lipinski definition) is 3. The maximum Gasteiger partial charge on any atom is 0.393 e. The number of fused-ring (bicyclic) bond motifs is 1. The molecule has 7 rings (SSSR count). The molecule has 12 amide bonds. The lowest BCUT2D eigenvalue weighted by Crippen LogP contribution is -2.64. The molecule has 24 nitrogen and oxygen atoms in total. The number of nitrogens with zero attached hydrogens (tertiary/aromatic N) is 9. The summed E-state index contributed by atoms with van der Waals surface area (Å²) in [4.78, 5) is 191. The van der Waals surface area contributed by atoms with Crippen LogP contribution >= 0.6 is 11.6 Å². The van der Waals surface area contributed by atoms with Crippen LogP contribution in [0.15, 0.2) is 0 Å². The summed E-state index contributed by atoms with van der Waals surface area (Å²) in [5.41, 5.74) is -1.54. The molecule has 28 heteroatoms. The standard InChI is InChI=1S/C72H116ClF3N12O12/c1-12-46(4)62-69(99)82(7)43-60(91)80(5)44-61(92)84(9)55(39-47-23-15-13-16-24-47)66(96)81(6)42-58(89)77-52(31-29-49-28-30-50(51(73)38-49)72(74,75)76)65(95)88-36-22-27-53(88)64(94)79-71(32-17-18-33-71)70(100)86(11)56(40-48-25-21-26-48)67(97)85(10)57(68(98)87-34-19-14-20-35-87)41-59(90)83(8)54(37-45(2)3)63(93)78-62/h45-57,62H,12-44H2,1-11H3,(H,77,89)(H,78,93)(H,79,94)/t46-,49?,50?,51?,52-,53-,54-,55-,56-,57-,62-/m0/s1. The van der Waals surface area contributed by atoms with E-state index in [1.807, 2.05) is 20.8 Å². The van der Waals surface area contributed by atoms with Crippen LogP contribution in [-0.2, 0) is 57.5 Å². The van der Waals surface area contributed by atoms with Gasteiger partial charge < -0.3 is 60.0 Å². The molecule has 11 atom stereocenters. The molecule has 4 saturated carbocycles. The number of likely N-dealkylation sites (N-methyl/N-ethyl adjacent to an activating group) is 7. The zero-order chi connectivity index (χ0) is 73.7. The van der Waals surface area contributed by atoms with Gasteiger partial charge in [-0.3, -0.25) is 57.5 Å². The van der Waals surface area contributed by atoms with Crippen molar-refractivity contribution < 1.29 is 70.7 Å². The fraction of sp³-hybridized carbons (Fsp3) is 0.833. The molecule has 0 aromatic rings. The molecule has 100 heavy (non-hydrogen) atoms. The Morgan fingerprint density at radius 1 is 0.560 bits per heavy atom. The van der Waals surface area contributed by atoms with E-state index in [4.69, 9.17) is 11.6 Å². The van der Waals surface area contributed by atoms with E-state index in [0.717, 1.165) is 72.5 Å². The van der Waals surface area contributed by atoms with Gasteiger partial charge >= 0.3 is 6.18 Å². The topological polar surface area (TPSA) is 270 Å². The predicted octanol–water partition coefficient (Wildman–Crippen LogP) is 6.09. The van der Waals surface area contributed by atoms with Gasteiger partial charge in [0, 0.05) is 74.3 Å². The maximum absolute atomic E-state index is 15.6. The molecule has 564 valence electrons. The quantitative estimate of drug-likeness (QED) is 0.187. The summed E-state index contributed by atoms with van der Waals surface area (Å²) in [5, 5.41) is 7.62. The Kier molecular flexibility index (Phi) is 29.4. The second-order valence-corrected chi connectivity index (χ2v) is 31.5. The smallest absolute Gasteiger partial charge is 0.343 e. The molecule has 0 aromatic heterocycles. The minimum Gasteiger partial charge on any atom is -0.343 e. The number of likely N-dealkylation sites (tertiary alicyclic amines) is 1. The van der Waals surface area contributed by atoms with E-state index in [-0.39, 0.29) is 101 Å². The van der Waals surface area contributed by atoms with Crippen LogP contribution in [0.4, 0.5) is 13.2 Å². The van der Waals surface area contributed by atoms with E-state index in [2.05, 4.69) is 16.0 Å². The number of amides is 12. The van der Waals surface area contributed by atoms with Crippen molar-refractivity contribution in [3.8, 4) is 0 Å². The molecule has 0 radical (unpaired) electrons. The number of hydrogen-bond acceptors (Lipinski definition) is 12. The number of rotatable bonds is 12. The minimum absolute atomic E-state index is 0.00302. The molecule has 0 aromatic carbocycles. The second-order valence-electron chi connectivity index (χ2n) is 30.9. The largest absolute Gasteiger partial charge is 0.393 e. The van der Waals surface area contributed by atoms with Crippen molar-refractivity contribution in [3.63, 3.8) is 0 Å². The maximum atomic E-state index is 15.6. The van der Waals surface area contributed by atoms with Crippen LogP contribution in [-0.4, -0.2) is 263 Å². The van der Waals surface area contributed by atoms with Crippen LogP contribution < -0.4 is 16.0 Å². The highest BCUT2D eigenvalue weighted by Crippen LogP contribution is 2.44. The molecule has 1 spiro atoms. The van der Waals surface area contributed by atoms with Gasteiger partial charge in [-0.25, -0.2) is 0 Å². The first-order chi connectivity index (χ1) is 47.2. The van der Waals surface area contributed by atoms with Gasteiger partial charge in [0.25, 0.3) is 0 Å². The van der Waals surface area contributed by atoms with E-state index in [0.29, 0.717) is 51.6 Å². The van der Waals surface area contributed by atoms with Gasteiger partial charge in [0.1, 0.15) is 47.8 Å². The number of halogens is 4. The first kappa shape index (κ1) is 81.0. The van der Waals surface area contributed by atoms with Gasteiger partial charge in [0.15, 0.2) is 0 Å². The van der Waals surface area contributed by atoms with Crippen molar-refractivity contribution in [1.82, 2.24) is 60.0 Å². The van der Waals surface area contributed by atoms with E-state index < -0.39 is 168 Å². The SMILES string of the molecule is CC[C@H](C)[C@@H]1NC(=O)[C@H](CC(C)C)N(C)C(=O)C[C@@H](C(=O)N2CCCCC2)N(C)C(=O)[C@H](CC2CCC2)N(C)C(=O)C2(CCCC2)NC(=O)[C@@H]2CCCN2C(=O)[C@H](CCC2CCC(C(F)(F)F)C(Cl)C2)NC(=O)CN(C)C(=O)[C@H](CC2CCCCC2)N(C)C(=O)CN(C)C(=O)CN(C)C1=O. The molecule has 3 unspecified atom stereocenters. The average Bonchev–Trinajstić information content (AvgIpc) is 1.48. The number of carbonyl (C=O) groups is 12. The van der Waals surface area contributed by atoms with Crippen LogP contribution in [0.3, 0.4) is 0 Å². The Hall–Kier alpha value is -6.28. The summed E-state index contributed by atoms with van der Waals surface area (Å²) in [6.45, 7) is 6.58. The van der Waals surface area contributed by atoms with Gasteiger partial charge in [-0.2, -0.15) is 13.2 Å². The van der Waals surface area contributed by atoms with Crippen molar-refractivity contribution in [2.75, 3.05) is 88.6 Å². The molecule has 3 N–H and O–H groups in total. The molecular formula is C72H116ClF3N12O12. The second kappa shape index (κ2) is 36.2. The lowest BCUT2D eigenvalue weighted by atomic mass is 9.78. The fourth-order valence-corrected chi connectivity index (χ4v) is 16.7. The van der Waals surface area contributed by atoms with E-state index in [1.54, 1.807) is 11.8 Å². The third kappa shape index (κ3) is 20.5. The van der Waals surface area contributed by atoms with E-state index in [1.165, 1.54) is 73.8 Å². The molecule has 0 bridgehead atoms. The summed E-state index contributed by atoms with van der Waals surface area (Å²) in [5.74, 6) is -10.1. The monoisotopic (exact) mass is 1430 g/mol. The molecule has 7 aliphatic rings. The highest BCUT2D eigenvalue weighted by molar-refractivity contribution is 6.21. The minimum atomic E-state index is -4.51. The van der Waals surface area contributed by atoms with Gasteiger partial charge in [-0.15, -0.1) is 11.6 Å². The van der Waals surface area contributed by atoms with E-state index in [9.17, 15) is 41.9 Å². The summed E-state index contributed by atoms with van der Waals surface area (Å²) < 4.78 is 42.0. The molecule has 3 heterocycles. The van der Waals surface area contributed by atoms with Gasteiger partial charge in [-0.05, 0) is 126 Å². The van der Waals surface area contributed by atoms with Crippen molar-refractivity contribution in [3.05, 3.63) is 0 Å². The van der Waals surface area contributed by atoms with Crippen molar-refractivity contribution >= 4 is 82.5 Å². The number of piperidine rings is 1. The summed E-state index contributed by atoms with van der Waals surface area (Å²) >= 11 is 6.40. The zero-order valence-electron chi connectivity index (χ0n) is 61.4. The molecule has 3 aliphatic heterocycles. The zero-order valence-corrected chi connectivity index (χ0v) is 62.1. The van der Waals surface area contributed by atoms with E-state index >= 15 is 28.8 Å². The first-order valence-corrected chi connectivity index (χ1v) is 37.6. The summed E-state index contributed by atoms with van der Waals surface area (Å²) in [7, 11) is 10.1. The Morgan fingerprint density at radius 2 is 1.14 bits per heavy atom. The van der Waals surface area contributed by atoms with Crippen LogP contribution in [0.2, 0.25) is 0 Å². The van der Waals surface area contributed by atoms with Crippen LogP contribution in [0.25, 0.3) is 0 Å². The Bertz CT molecular complexity index is 2900. The number of carbonyl (C=O) groups excluding carboxylic acids is 12.